The fraction of sp³-hybridized carbons (Fsp3) is 0.375. The van der Waals surface area contributed by atoms with Gasteiger partial charge >= 0.3 is 12.2 Å². The maximum atomic E-state index is 15.0. The van der Waals surface area contributed by atoms with Crippen molar-refractivity contribution in [2.75, 3.05) is 49.9 Å². The molecule has 0 bridgehead atoms. The monoisotopic (exact) mass is 505 g/mol. The third-order valence-electron chi connectivity index (χ3n) is 5.65. The number of carbonyl (C=O) groups is 3. The lowest BCUT2D eigenvalue weighted by atomic mass is 10.0. The van der Waals surface area contributed by atoms with E-state index in [1.54, 1.807) is 0 Å². The zero-order chi connectivity index (χ0) is 25.8. The molecule has 192 valence electrons. The highest BCUT2D eigenvalue weighted by molar-refractivity contribution is 5.91. The molecule has 2 atom stereocenters. The number of anilines is 2. The van der Waals surface area contributed by atoms with E-state index < -0.39 is 36.0 Å². The molecule has 0 unspecified atom stereocenters. The molecule has 2 aromatic carbocycles. The van der Waals surface area contributed by atoms with Gasteiger partial charge in [0.2, 0.25) is 5.91 Å². The molecule has 2 fully saturated rings. The number of halogens is 2. The summed E-state index contributed by atoms with van der Waals surface area (Å²) in [5.41, 5.74) is 0.477. The average Bonchev–Trinajstić information content (AvgIpc) is 3.40. The van der Waals surface area contributed by atoms with Crippen LogP contribution in [0.5, 0.6) is 0 Å². The Hall–Kier alpha value is -3.77. The first-order chi connectivity index (χ1) is 17.3. The molecular weight excluding hydrogens is 480 g/mol. The molecule has 3 amide bonds. The molecule has 36 heavy (non-hydrogen) atoms. The van der Waals surface area contributed by atoms with Crippen LogP contribution in [0.2, 0.25) is 0 Å². The maximum absolute atomic E-state index is 15.0. The molecular formula is C24H25F2N3O7. The molecule has 12 heteroatoms. The highest BCUT2D eigenvalue weighted by Gasteiger charge is 2.34. The second-order valence-electron chi connectivity index (χ2n) is 8.28. The van der Waals surface area contributed by atoms with E-state index >= 15 is 4.39 Å². The summed E-state index contributed by atoms with van der Waals surface area (Å²) in [5.74, 6) is -1.74. The third-order valence-corrected chi connectivity index (χ3v) is 5.65. The van der Waals surface area contributed by atoms with Gasteiger partial charge in [0.25, 0.3) is 0 Å². The van der Waals surface area contributed by atoms with Gasteiger partial charge in [-0.2, -0.15) is 0 Å². The number of cyclic esters (lactones) is 2. The van der Waals surface area contributed by atoms with Crippen molar-refractivity contribution in [2.45, 2.75) is 19.1 Å². The Morgan fingerprint density at radius 3 is 2.00 bits per heavy atom. The average molecular weight is 505 g/mol. The number of ether oxygens (including phenoxy) is 4. The molecule has 2 saturated heterocycles. The molecule has 2 heterocycles. The van der Waals surface area contributed by atoms with E-state index in [2.05, 4.69) is 5.32 Å². The summed E-state index contributed by atoms with van der Waals surface area (Å²) in [7, 11) is 1.47. The number of benzene rings is 2. The number of nitrogens with zero attached hydrogens (tertiary/aromatic N) is 2. The first kappa shape index (κ1) is 25.3. The number of nitrogens with one attached hydrogen (secondary N) is 1. The van der Waals surface area contributed by atoms with Crippen LogP contribution in [0.3, 0.4) is 0 Å². The lowest BCUT2D eigenvalue weighted by Gasteiger charge is -2.16. The Kier molecular flexibility index (Phi) is 7.65. The van der Waals surface area contributed by atoms with Crippen LogP contribution in [0.15, 0.2) is 36.4 Å². The molecule has 0 spiro atoms. The number of carbonyl (C=O) groups excluding carboxylic acids is 3. The summed E-state index contributed by atoms with van der Waals surface area (Å²) in [6.45, 7) is 1.97. The second-order valence-corrected chi connectivity index (χ2v) is 8.28. The fourth-order valence-electron chi connectivity index (χ4n) is 3.96. The van der Waals surface area contributed by atoms with Gasteiger partial charge in [0, 0.05) is 25.2 Å². The van der Waals surface area contributed by atoms with E-state index in [1.165, 1.54) is 48.1 Å². The van der Waals surface area contributed by atoms with Crippen molar-refractivity contribution in [3.63, 3.8) is 0 Å². The van der Waals surface area contributed by atoms with Gasteiger partial charge in [-0.3, -0.25) is 14.6 Å². The molecule has 2 aromatic rings. The van der Waals surface area contributed by atoms with Gasteiger partial charge in [-0.1, -0.05) is 0 Å². The van der Waals surface area contributed by atoms with Crippen molar-refractivity contribution in [3.05, 3.63) is 48.0 Å². The Balaban J connectivity index is 1.46. The maximum Gasteiger partial charge on any atom is 0.414 e. The minimum Gasteiger partial charge on any atom is -0.442 e. The Morgan fingerprint density at radius 1 is 0.972 bits per heavy atom. The molecule has 10 nitrogen and oxygen atoms in total. The second kappa shape index (κ2) is 10.9. The van der Waals surface area contributed by atoms with Crippen LogP contribution >= 0.6 is 0 Å². The van der Waals surface area contributed by atoms with E-state index in [4.69, 9.17) is 18.9 Å². The van der Waals surface area contributed by atoms with Crippen LogP contribution in [-0.4, -0.2) is 70.4 Å². The van der Waals surface area contributed by atoms with E-state index in [1.807, 2.05) is 0 Å². The Bertz CT molecular complexity index is 1160. The normalized spacial score (nSPS) is 19.4. The number of hydrogen-bond acceptors (Lipinski definition) is 7. The summed E-state index contributed by atoms with van der Waals surface area (Å²) >= 11 is 0. The third kappa shape index (κ3) is 5.55. The van der Waals surface area contributed by atoms with Gasteiger partial charge in [-0.25, -0.2) is 18.4 Å². The van der Waals surface area contributed by atoms with Crippen molar-refractivity contribution in [3.8, 4) is 11.1 Å². The zero-order valence-corrected chi connectivity index (χ0v) is 19.7. The topological polar surface area (TPSA) is 107 Å². The summed E-state index contributed by atoms with van der Waals surface area (Å²) in [5, 5.41) is 2.57. The lowest BCUT2D eigenvalue weighted by Crippen LogP contribution is -2.33. The van der Waals surface area contributed by atoms with Crippen LogP contribution in [0.4, 0.5) is 29.7 Å². The first-order valence-electron chi connectivity index (χ1n) is 11.1. The fourth-order valence-corrected chi connectivity index (χ4v) is 3.96. The Labute approximate surface area is 205 Å². The van der Waals surface area contributed by atoms with Gasteiger partial charge in [-0.05, 0) is 36.4 Å². The minimum atomic E-state index is -0.742. The van der Waals surface area contributed by atoms with E-state index in [0.29, 0.717) is 0 Å². The number of methoxy groups -OCH3 is 1. The number of hydrogen-bond donors (Lipinski definition) is 1. The molecule has 4 rings (SSSR count). The van der Waals surface area contributed by atoms with Crippen molar-refractivity contribution in [2.24, 2.45) is 0 Å². The van der Waals surface area contributed by atoms with E-state index in [9.17, 15) is 18.8 Å². The lowest BCUT2D eigenvalue weighted by molar-refractivity contribution is -0.119. The minimum absolute atomic E-state index is 0.0112. The quantitative estimate of drug-likeness (QED) is 0.412. The highest BCUT2D eigenvalue weighted by atomic mass is 19.1. The Morgan fingerprint density at radius 2 is 1.50 bits per heavy atom. The predicted molar refractivity (Wildman–Crippen MR) is 124 cm³/mol. The predicted octanol–water partition coefficient (Wildman–Crippen LogP) is 3.04. The standard InChI is InChI=1S/C24H25F2N3O7/c1-14(30)27-9-17-10-28(23(31)35-17)15-3-5-19(21(25)7-15)20-6-4-16(8-22(20)26)29-11-18(36-24(29)32)12-34-13-33-2/h3-8,17-18H,9-13H2,1-2H3,(H,27,30)/t17-,18+/m0/s1. The SMILES string of the molecule is COCOC[C@H]1CN(c2ccc(-c3ccc(N4C[C@H](CNC(C)=O)OC4=O)cc3F)c(F)c2)C(=O)O1. The van der Waals surface area contributed by atoms with E-state index in [0.717, 1.165) is 12.1 Å². The van der Waals surface area contributed by atoms with Crippen LogP contribution in [-0.2, 0) is 23.7 Å². The largest absolute Gasteiger partial charge is 0.442 e. The summed E-state index contributed by atoms with van der Waals surface area (Å²) in [4.78, 5) is 38.0. The van der Waals surface area contributed by atoms with E-state index in [-0.39, 0.29) is 61.4 Å². The van der Waals surface area contributed by atoms with Gasteiger partial charge in [0.05, 0.1) is 37.6 Å². The van der Waals surface area contributed by atoms with Crippen LogP contribution in [0.1, 0.15) is 6.92 Å². The van der Waals surface area contributed by atoms with Gasteiger partial charge in [0.1, 0.15) is 30.6 Å². The first-order valence-corrected chi connectivity index (χ1v) is 11.1. The zero-order valence-electron chi connectivity index (χ0n) is 19.7. The molecule has 0 radical (unpaired) electrons. The van der Waals surface area contributed by atoms with Crippen LogP contribution in [0, 0.1) is 11.6 Å². The molecule has 2 aliphatic heterocycles. The summed E-state index contributed by atoms with van der Waals surface area (Å²) in [6.07, 6.45) is -2.41. The van der Waals surface area contributed by atoms with Crippen molar-refractivity contribution in [1.29, 1.82) is 0 Å². The highest BCUT2D eigenvalue weighted by Crippen LogP contribution is 2.33. The smallest absolute Gasteiger partial charge is 0.414 e. The molecule has 0 aliphatic carbocycles. The summed E-state index contributed by atoms with van der Waals surface area (Å²) in [6, 6.07) is 7.97. The van der Waals surface area contributed by atoms with Crippen LogP contribution < -0.4 is 15.1 Å². The van der Waals surface area contributed by atoms with Crippen molar-refractivity contribution < 1.29 is 42.1 Å². The van der Waals surface area contributed by atoms with Crippen molar-refractivity contribution in [1.82, 2.24) is 5.32 Å². The van der Waals surface area contributed by atoms with Gasteiger partial charge in [0.15, 0.2) is 0 Å². The van der Waals surface area contributed by atoms with Gasteiger partial charge < -0.3 is 24.3 Å². The van der Waals surface area contributed by atoms with Gasteiger partial charge in [-0.15, -0.1) is 0 Å². The molecule has 0 saturated carbocycles. The number of amides is 3. The molecule has 2 aliphatic rings. The van der Waals surface area contributed by atoms with Crippen LogP contribution in [0.25, 0.3) is 11.1 Å². The number of rotatable bonds is 9. The van der Waals surface area contributed by atoms with Crippen molar-refractivity contribution >= 4 is 29.5 Å². The molecule has 0 aromatic heterocycles. The molecule has 1 N–H and O–H groups in total. The summed E-state index contributed by atoms with van der Waals surface area (Å²) < 4.78 is 50.4.